The van der Waals surface area contributed by atoms with Crippen LogP contribution in [-0.4, -0.2) is 170 Å². The summed E-state index contributed by atoms with van der Waals surface area (Å²) in [6.07, 6.45) is 4.98. The number of hydrogen-bond acceptors (Lipinski definition) is 18. The number of likely N-dealkylation sites (tertiary alicyclic amines) is 3. The van der Waals surface area contributed by atoms with E-state index in [1.165, 1.54) is 4.90 Å². The SMILES string of the molecule is CCc1cccc2cc(O)cc(-c3ncc4c(N5C[C@H]6CC[C@@H](C5)N6)nc(OC[C@@H]5CC[C@@H](COC(=O)N6CC7(C6)CN(c6cc([C@H](C(=O)N8C[C@H](O)C[C@H]8C(=O)N[C@@H](C)c8ccc(-c9scnc9C)cc8)C(C)C)on6)C7)N5C)nc4c3F)c12. The Morgan fingerprint density at radius 3 is 2.40 bits per heavy atom. The van der Waals surface area contributed by atoms with E-state index in [1.807, 2.05) is 89.6 Å². The van der Waals surface area contributed by atoms with Crippen LogP contribution in [0.1, 0.15) is 94.3 Å². The molecule has 0 saturated carbocycles. The Bertz CT molecular complexity index is 3670. The number of likely N-dealkylation sites (N-methyl/N-ethyl adjacent to an activating group) is 1. The van der Waals surface area contributed by atoms with Crippen molar-refractivity contribution in [2.24, 2.45) is 11.3 Å². The first-order valence-electron chi connectivity index (χ1n) is 29.9. The summed E-state index contributed by atoms with van der Waals surface area (Å²) in [4.78, 5) is 71.3. The Labute approximate surface area is 496 Å². The number of anilines is 2. The first-order chi connectivity index (χ1) is 41.0. The van der Waals surface area contributed by atoms with Gasteiger partial charge in [0.15, 0.2) is 17.4 Å². The molecule has 0 radical (unpaired) electrons. The first-order valence-corrected chi connectivity index (χ1v) is 30.8. The van der Waals surface area contributed by atoms with Gasteiger partial charge in [-0.15, -0.1) is 11.3 Å². The number of aromatic hydroxyl groups is 1. The number of aliphatic hydroxyl groups excluding tert-OH is 1. The Kier molecular flexibility index (Phi) is 15.1. The third-order valence-electron chi connectivity index (χ3n) is 18.7. The largest absolute Gasteiger partial charge is 0.508 e. The minimum absolute atomic E-state index is 0.0200. The van der Waals surface area contributed by atoms with Crippen molar-refractivity contribution >= 4 is 62.6 Å². The second kappa shape index (κ2) is 22.7. The van der Waals surface area contributed by atoms with Gasteiger partial charge in [-0.2, -0.15) is 9.97 Å². The summed E-state index contributed by atoms with van der Waals surface area (Å²) in [5, 5.41) is 34.9. The molecule has 10 heterocycles. The van der Waals surface area contributed by atoms with Gasteiger partial charge in [-0.1, -0.05) is 68.4 Å². The molecule has 13 rings (SSSR count). The lowest BCUT2D eigenvalue weighted by molar-refractivity contribution is -0.141. The molecule has 22 heteroatoms. The van der Waals surface area contributed by atoms with Crippen LogP contribution in [0.25, 0.3) is 43.4 Å². The van der Waals surface area contributed by atoms with E-state index in [-0.39, 0.29) is 96.5 Å². The van der Waals surface area contributed by atoms with E-state index in [4.69, 9.17) is 28.9 Å². The number of β-amino-alcohol motifs (C(OH)–C–C–N with tert-alkyl or cyclic N) is 1. The number of nitrogens with zero attached hydrogens (tertiary/aromatic N) is 10. The van der Waals surface area contributed by atoms with Crippen molar-refractivity contribution < 1.29 is 43.0 Å². The van der Waals surface area contributed by atoms with Crippen molar-refractivity contribution in [3.8, 4) is 33.5 Å². The molecule has 7 aromatic rings. The number of fused-ring (bicyclic) bond motifs is 4. The van der Waals surface area contributed by atoms with E-state index in [9.17, 15) is 24.6 Å². The Morgan fingerprint density at radius 2 is 1.68 bits per heavy atom. The second-order valence-electron chi connectivity index (χ2n) is 24.9. The van der Waals surface area contributed by atoms with Crippen LogP contribution < -0.4 is 25.2 Å². The minimum atomic E-state index is -0.852. The van der Waals surface area contributed by atoms with Crippen LogP contribution in [-0.2, 0) is 20.7 Å². The number of amides is 3. The zero-order valence-corrected chi connectivity index (χ0v) is 49.6. The normalized spacial score (nSPS) is 23.4. The van der Waals surface area contributed by atoms with Gasteiger partial charge in [0.25, 0.3) is 0 Å². The standard InChI is InChI=1S/C63H73FN12O8S/c1-7-37-9-8-10-40-19-45(77)20-47(53(37)40)55-54(64)56-48(23-65-55)58(73-24-41-15-16-42(25-73)68-41)70-61(69-56)82-27-43-17-18-44(72(43)6)28-83-62(81)75-31-63(32-75)29-74(30-63)51-22-50(84-71-51)52(34(2)3)60(80)76-26-46(78)21-49(76)59(79)67-35(4)38-11-13-39(14-12-38)57-36(5)66-33-85-57/h8-14,19-20,22-23,33-35,41-44,46,49,52,68,77-78H,7,15-18,21,24-32H2,1-6H3,(H,67,79)/t35-,41-,42+,43-,44-,46+,49-,52+/m0/s1. The second-order valence-corrected chi connectivity index (χ2v) is 25.7. The molecule has 85 heavy (non-hydrogen) atoms. The molecule has 0 aliphatic carbocycles. The smallest absolute Gasteiger partial charge is 0.409 e. The molecule has 6 aliphatic rings. The molecule has 446 valence electrons. The fourth-order valence-corrected chi connectivity index (χ4v) is 14.9. The molecule has 2 bridgehead atoms. The molecule has 1 spiro atoms. The molecule has 3 aromatic carbocycles. The maximum absolute atomic E-state index is 17.2. The summed E-state index contributed by atoms with van der Waals surface area (Å²) in [7, 11) is 2.00. The number of benzene rings is 3. The number of hydrogen-bond donors (Lipinski definition) is 4. The van der Waals surface area contributed by atoms with Crippen LogP contribution in [0.5, 0.6) is 11.8 Å². The summed E-state index contributed by atoms with van der Waals surface area (Å²) in [6, 6.07) is 18.3. The highest BCUT2D eigenvalue weighted by Gasteiger charge is 2.55. The molecule has 3 amide bonds. The lowest BCUT2D eigenvalue weighted by Crippen LogP contribution is -2.73. The molecule has 6 aliphatic heterocycles. The number of pyridine rings is 1. The molecule has 8 atom stereocenters. The zero-order valence-electron chi connectivity index (χ0n) is 48.8. The maximum Gasteiger partial charge on any atom is 0.409 e. The van der Waals surface area contributed by atoms with E-state index in [2.05, 4.69) is 35.5 Å². The summed E-state index contributed by atoms with van der Waals surface area (Å²) in [5.41, 5.74) is 6.37. The van der Waals surface area contributed by atoms with Crippen molar-refractivity contribution in [2.45, 2.75) is 121 Å². The molecular weight excluding hydrogens is 1100 g/mol. The third kappa shape index (κ3) is 10.8. The number of thiazole rings is 1. The molecule has 6 fully saturated rings. The number of aryl methyl sites for hydroxylation is 2. The van der Waals surface area contributed by atoms with Crippen LogP contribution in [0.15, 0.2) is 76.9 Å². The van der Waals surface area contributed by atoms with Crippen molar-refractivity contribution in [1.29, 1.82) is 0 Å². The van der Waals surface area contributed by atoms with Gasteiger partial charge in [0, 0.05) is 99.6 Å². The number of carbonyl (C=O) groups excluding carboxylic acids is 3. The third-order valence-corrected chi connectivity index (χ3v) is 19.7. The molecule has 6 saturated heterocycles. The first kappa shape index (κ1) is 56.6. The van der Waals surface area contributed by atoms with Gasteiger partial charge < -0.3 is 54.4 Å². The summed E-state index contributed by atoms with van der Waals surface area (Å²) in [6.45, 7) is 14.1. The molecule has 0 unspecified atom stereocenters. The predicted molar refractivity (Wildman–Crippen MR) is 320 cm³/mol. The minimum Gasteiger partial charge on any atom is -0.508 e. The lowest BCUT2D eigenvalue weighted by atomic mass is 9.73. The number of ether oxygens (including phenoxy) is 2. The van der Waals surface area contributed by atoms with E-state index in [0.29, 0.717) is 86.1 Å². The Morgan fingerprint density at radius 1 is 0.929 bits per heavy atom. The van der Waals surface area contributed by atoms with Gasteiger partial charge in [-0.25, -0.2) is 14.2 Å². The van der Waals surface area contributed by atoms with Crippen LogP contribution in [0.2, 0.25) is 0 Å². The molecular formula is C63H73FN12O8S. The van der Waals surface area contributed by atoms with Gasteiger partial charge in [0.05, 0.1) is 33.6 Å². The van der Waals surface area contributed by atoms with E-state index < -0.39 is 23.9 Å². The van der Waals surface area contributed by atoms with Gasteiger partial charge in [-0.05, 0) is 98.5 Å². The quantitative estimate of drug-likeness (QED) is 0.0719. The monoisotopic (exact) mass is 1180 g/mol. The summed E-state index contributed by atoms with van der Waals surface area (Å²) < 4.78 is 35.5. The van der Waals surface area contributed by atoms with Crippen LogP contribution in [0.3, 0.4) is 0 Å². The van der Waals surface area contributed by atoms with E-state index in [1.54, 1.807) is 40.6 Å². The van der Waals surface area contributed by atoms with Crippen molar-refractivity contribution in [3.05, 3.63) is 101 Å². The van der Waals surface area contributed by atoms with Crippen molar-refractivity contribution in [2.75, 3.05) is 75.9 Å². The fourth-order valence-electron chi connectivity index (χ4n) is 14.1. The highest BCUT2D eigenvalue weighted by Crippen LogP contribution is 2.44. The number of aromatic nitrogens is 5. The number of rotatable bonds is 16. The average Bonchev–Trinajstić information content (AvgIpc) is 1.33. The van der Waals surface area contributed by atoms with E-state index >= 15 is 4.39 Å². The number of phenolic OH excluding ortho intramolecular Hbond substituents is 1. The Hall–Kier alpha value is -7.53. The highest BCUT2D eigenvalue weighted by molar-refractivity contribution is 7.13. The number of carbonyl (C=O) groups is 3. The number of piperazine rings is 1. The van der Waals surface area contributed by atoms with Crippen molar-refractivity contribution in [3.63, 3.8) is 0 Å². The lowest BCUT2D eigenvalue weighted by Gasteiger charge is -2.59. The van der Waals surface area contributed by atoms with Gasteiger partial charge >= 0.3 is 12.1 Å². The average molecular weight is 1180 g/mol. The maximum atomic E-state index is 17.2. The van der Waals surface area contributed by atoms with E-state index in [0.717, 1.165) is 63.7 Å². The van der Waals surface area contributed by atoms with Crippen LogP contribution in [0, 0.1) is 24.1 Å². The zero-order chi connectivity index (χ0) is 59.0. The van der Waals surface area contributed by atoms with Crippen molar-refractivity contribution in [1.82, 2.24) is 50.4 Å². The van der Waals surface area contributed by atoms with Gasteiger partial charge in [-0.3, -0.25) is 19.5 Å². The Balaban J connectivity index is 0.604. The predicted octanol–water partition coefficient (Wildman–Crippen LogP) is 7.99. The van der Waals surface area contributed by atoms with Crippen LogP contribution >= 0.6 is 11.3 Å². The fraction of sp³-hybridized carbons (Fsp3) is 0.492. The van der Waals surface area contributed by atoms with Gasteiger partial charge in [0.1, 0.15) is 48.0 Å². The highest BCUT2D eigenvalue weighted by atomic mass is 32.1. The molecule has 20 nitrogen and oxygen atoms in total. The molecule has 4 aromatic heterocycles. The summed E-state index contributed by atoms with van der Waals surface area (Å²) in [5.74, 6) is -0.559. The number of nitrogens with one attached hydrogen (secondary N) is 2. The van der Waals surface area contributed by atoms with Gasteiger partial charge in [0.2, 0.25) is 11.8 Å². The number of phenols is 1. The topological polar surface area (TPSA) is 228 Å². The number of halogens is 1. The molecule has 4 N–H and O–H groups in total. The van der Waals surface area contributed by atoms with Crippen LogP contribution in [0.4, 0.5) is 20.8 Å². The summed E-state index contributed by atoms with van der Waals surface area (Å²) >= 11 is 1.58. The number of aliphatic hydroxyl groups is 1.